The number of hydrogen-bond acceptors (Lipinski definition) is 6. The first-order valence-corrected chi connectivity index (χ1v) is 8.48. The number of fused-ring (bicyclic) bond motifs is 1. The van der Waals surface area contributed by atoms with Crippen molar-refractivity contribution in [1.29, 1.82) is 0 Å². The van der Waals surface area contributed by atoms with E-state index in [1.54, 1.807) is 30.6 Å². The van der Waals surface area contributed by atoms with Crippen LogP contribution in [0.15, 0.2) is 43.0 Å². The van der Waals surface area contributed by atoms with E-state index in [1.807, 2.05) is 10.6 Å². The Morgan fingerprint density at radius 3 is 2.69 bits per heavy atom. The zero-order valence-corrected chi connectivity index (χ0v) is 14.0. The van der Waals surface area contributed by atoms with Crippen molar-refractivity contribution in [3.05, 3.63) is 48.5 Å². The largest absolute Gasteiger partial charge is 0.396 e. The number of aromatic nitrogens is 4. The zero-order chi connectivity index (χ0) is 18.1. The van der Waals surface area contributed by atoms with Gasteiger partial charge in [-0.2, -0.15) is 0 Å². The summed E-state index contributed by atoms with van der Waals surface area (Å²) in [6.07, 6.45) is 3.79. The molecule has 1 amide bonds. The molecule has 0 aliphatic heterocycles. The minimum Gasteiger partial charge on any atom is -0.396 e. The van der Waals surface area contributed by atoms with Crippen molar-refractivity contribution in [3.8, 4) is 0 Å². The number of carbonyl (C=O) groups is 1. The predicted octanol–water partition coefficient (Wildman–Crippen LogP) is 1.24. The lowest BCUT2D eigenvalue weighted by atomic mass is 9.70. The van der Waals surface area contributed by atoms with Crippen LogP contribution < -0.4 is 5.32 Å². The summed E-state index contributed by atoms with van der Waals surface area (Å²) in [4.78, 5) is 25.2. The highest BCUT2D eigenvalue weighted by molar-refractivity contribution is 6.06. The standard InChI is InChI=1S/C18H19N5O3/c24-7-12-6-14(13(12)8-25)23-10-21-15-16(19-9-20-17(15)23)22-18(26)11-4-2-1-3-5-11/h1-5,9-10,12-14,24-25H,6-8H2,(H,19,20,22,26)/t12-,13-,14-/m1/s1. The summed E-state index contributed by atoms with van der Waals surface area (Å²) in [7, 11) is 0. The maximum atomic E-state index is 12.4. The smallest absolute Gasteiger partial charge is 0.256 e. The van der Waals surface area contributed by atoms with Crippen molar-refractivity contribution in [2.45, 2.75) is 12.5 Å². The van der Waals surface area contributed by atoms with Gasteiger partial charge < -0.3 is 20.1 Å². The van der Waals surface area contributed by atoms with Gasteiger partial charge in [-0.1, -0.05) is 18.2 Å². The van der Waals surface area contributed by atoms with E-state index in [2.05, 4.69) is 20.3 Å². The molecule has 1 aromatic carbocycles. The fourth-order valence-corrected chi connectivity index (χ4v) is 3.53. The molecule has 0 saturated heterocycles. The average molecular weight is 353 g/mol. The Kier molecular flexibility index (Phi) is 4.36. The molecule has 0 bridgehead atoms. The highest BCUT2D eigenvalue weighted by atomic mass is 16.3. The van der Waals surface area contributed by atoms with Gasteiger partial charge in [0.1, 0.15) is 6.33 Å². The molecule has 1 fully saturated rings. The van der Waals surface area contributed by atoms with Crippen LogP contribution in [0.3, 0.4) is 0 Å². The molecule has 1 aliphatic carbocycles. The quantitative estimate of drug-likeness (QED) is 0.636. The number of aliphatic hydroxyl groups excluding tert-OH is 2. The molecule has 3 aromatic rings. The second-order valence-corrected chi connectivity index (χ2v) is 6.46. The first-order valence-electron chi connectivity index (χ1n) is 8.48. The van der Waals surface area contributed by atoms with E-state index < -0.39 is 0 Å². The van der Waals surface area contributed by atoms with Crippen molar-refractivity contribution in [1.82, 2.24) is 19.5 Å². The molecule has 0 radical (unpaired) electrons. The molecule has 0 spiro atoms. The summed E-state index contributed by atoms with van der Waals surface area (Å²) >= 11 is 0. The highest BCUT2D eigenvalue weighted by Crippen LogP contribution is 2.44. The number of carbonyl (C=O) groups excluding carboxylic acids is 1. The third-order valence-corrected chi connectivity index (χ3v) is 5.07. The summed E-state index contributed by atoms with van der Waals surface area (Å²) < 4.78 is 1.89. The minimum atomic E-state index is -0.266. The number of anilines is 1. The number of rotatable bonds is 5. The third-order valence-electron chi connectivity index (χ3n) is 5.07. The van der Waals surface area contributed by atoms with Crippen molar-refractivity contribution in [3.63, 3.8) is 0 Å². The topological polar surface area (TPSA) is 113 Å². The molecule has 3 atom stereocenters. The van der Waals surface area contributed by atoms with E-state index in [4.69, 9.17) is 0 Å². The van der Waals surface area contributed by atoms with Gasteiger partial charge in [-0.3, -0.25) is 4.79 Å². The molecule has 8 heteroatoms. The minimum absolute atomic E-state index is 0.00174. The number of amides is 1. The lowest BCUT2D eigenvalue weighted by molar-refractivity contribution is -0.00529. The van der Waals surface area contributed by atoms with Crippen LogP contribution in [0.4, 0.5) is 5.82 Å². The number of benzene rings is 1. The first-order chi connectivity index (χ1) is 12.7. The third kappa shape index (κ3) is 2.73. The van der Waals surface area contributed by atoms with E-state index in [0.29, 0.717) is 22.5 Å². The van der Waals surface area contributed by atoms with Gasteiger partial charge in [0.15, 0.2) is 17.0 Å². The number of hydrogen-bond donors (Lipinski definition) is 3. The van der Waals surface area contributed by atoms with Crippen LogP contribution in [0.25, 0.3) is 11.2 Å². The lowest BCUT2D eigenvalue weighted by Gasteiger charge is -2.43. The molecule has 26 heavy (non-hydrogen) atoms. The molecule has 0 unspecified atom stereocenters. The lowest BCUT2D eigenvalue weighted by Crippen LogP contribution is -2.42. The van der Waals surface area contributed by atoms with E-state index >= 15 is 0 Å². The van der Waals surface area contributed by atoms with Gasteiger partial charge in [-0.25, -0.2) is 15.0 Å². The predicted molar refractivity (Wildman–Crippen MR) is 94.5 cm³/mol. The molecular formula is C18H19N5O3. The van der Waals surface area contributed by atoms with Crippen molar-refractivity contribution in [2.75, 3.05) is 18.5 Å². The maximum absolute atomic E-state index is 12.4. The van der Waals surface area contributed by atoms with Gasteiger partial charge >= 0.3 is 0 Å². The van der Waals surface area contributed by atoms with Crippen LogP contribution in [0.1, 0.15) is 22.8 Å². The van der Waals surface area contributed by atoms with Crippen LogP contribution in [0.5, 0.6) is 0 Å². The SMILES string of the molecule is O=C(Nc1ncnc2c1ncn2[C@@H]1C[C@H](CO)[C@H]1CO)c1ccccc1. The average Bonchev–Trinajstić information content (AvgIpc) is 3.07. The van der Waals surface area contributed by atoms with Crippen molar-refractivity contribution < 1.29 is 15.0 Å². The van der Waals surface area contributed by atoms with Gasteiger partial charge in [0.25, 0.3) is 5.91 Å². The molecule has 1 saturated carbocycles. The molecular weight excluding hydrogens is 334 g/mol. The van der Waals surface area contributed by atoms with Crippen LogP contribution in [-0.2, 0) is 0 Å². The molecule has 4 rings (SSSR count). The summed E-state index contributed by atoms with van der Waals surface area (Å²) in [6.45, 7) is 0.0555. The molecule has 8 nitrogen and oxygen atoms in total. The molecule has 2 heterocycles. The van der Waals surface area contributed by atoms with E-state index in [-0.39, 0.29) is 37.0 Å². The maximum Gasteiger partial charge on any atom is 0.256 e. The Morgan fingerprint density at radius 1 is 1.15 bits per heavy atom. The van der Waals surface area contributed by atoms with E-state index in [0.717, 1.165) is 6.42 Å². The number of aliphatic hydroxyl groups is 2. The number of nitrogens with one attached hydrogen (secondary N) is 1. The van der Waals surface area contributed by atoms with Gasteiger partial charge in [-0.15, -0.1) is 0 Å². The Morgan fingerprint density at radius 2 is 1.96 bits per heavy atom. The molecule has 134 valence electrons. The number of imidazole rings is 1. The van der Waals surface area contributed by atoms with E-state index in [1.165, 1.54) is 6.33 Å². The molecule has 2 aromatic heterocycles. The Balaban J connectivity index is 1.63. The monoisotopic (exact) mass is 353 g/mol. The van der Waals surface area contributed by atoms with Crippen LogP contribution in [-0.4, -0.2) is 48.9 Å². The van der Waals surface area contributed by atoms with Gasteiger partial charge in [0.05, 0.1) is 6.33 Å². The molecule has 3 N–H and O–H groups in total. The first kappa shape index (κ1) is 16.6. The number of nitrogens with zero attached hydrogens (tertiary/aromatic N) is 4. The normalized spacial score (nSPS) is 22.2. The van der Waals surface area contributed by atoms with Gasteiger partial charge in [0, 0.05) is 30.7 Å². The van der Waals surface area contributed by atoms with Crippen LogP contribution in [0.2, 0.25) is 0 Å². The fraction of sp³-hybridized carbons (Fsp3) is 0.333. The summed E-state index contributed by atoms with van der Waals surface area (Å²) in [5.74, 6) is 0.134. The Labute approximate surface area is 149 Å². The summed E-state index contributed by atoms with van der Waals surface area (Å²) in [5, 5.41) is 21.7. The van der Waals surface area contributed by atoms with Gasteiger partial charge in [0.2, 0.25) is 0 Å². The second kappa shape index (κ2) is 6.81. The Hall–Kier alpha value is -2.84. The van der Waals surface area contributed by atoms with Crippen molar-refractivity contribution in [2.24, 2.45) is 11.8 Å². The summed E-state index contributed by atoms with van der Waals surface area (Å²) in [6, 6.07) is 8.90. The fourth-order valence-electron chi connectivity index (χ4n) is 3.53. The van der Waals surface area contributed by atoms with Crippen LogP contribution >= 0.6 is 0 Å². The van der Waals surface area contributed by atoms with Gasteiger partial charge in [-0.05, 0) is 24.5 Å². The summed E-state index contributed by atoms with van der Waals surface area (Å²) in [5.41, 5.74) is 1.63. The highest BCUT2D eigenvalue weighted by Gasteiger charge is 2.42. The van der Waals surface area contributed by atoms with Crippen molar-refractivity contribution >= 4 is 22.9 Å². The second-order valence-electron chi connectivity index (χ2n) is 6.46. The molecule has 1 aliphatic rings. The zero-order valence-electron chi connectivity index (χ0n) is 14.0. The van der Waals surface area contributed by atoms with Crippen LogP contribution in [0, 0.1) is 11.8 Å². The Bertz CT molecular complexity index is 927. The van der Waals surface area contributed by atoms with E-state index in [9.17, 15) is 15.0 Å².